The maximum Gasteiger partial charge on any atom is 0.264 e. The summed E-state index contributed by atoms with van der Waals surface area (Å²) in [5.41, 5.74) is 0. The third-order valence-electron chi connectivity index (χ3n) is 3.61. The Morgan fingerprint density at radius 2 is 1.76 bits per heavy atom. The molecule has 3 rings (SSSR count). The minimum absolute atomic E-state index is 0.197. The molecule has 1 aliphatic rings. The number of ether oxygens (including phenoxy) is 4. The molecule has 0 aromatic heterocycles. The molecule has 2 aromatic rings. The largest absolute Gasteiger partial charge is 0.494 e. The fraction of sp³-hybridized carbons (Fsp3) is 0.316. The van der Waals surface area contributed by atoms with Gasteiger partial charge in [0, 0.05) is 0 Å². The second kappa shape index (κ2) is 8.28. The Morgan fingerprint density at radius 1 is 1.08 bits per heavy atom. The Balaban J connectivity index is 1.40. The van der Waals surface area contributed by atoms with Crippen molar-refractivity contribution in [1.82, 2.24) is 5.32 Å². The summed E-state index contributed by atoms with van der Waals surface area (Å²) in [7, 11) is 0. The zero-order valence-corrected chi connectivity index (χ0v) is 14.1. The van der Waals surface area contributed by atoms with E-state index in [2.05, 4.69) is 5.32 Å². The molecule has 0 saturated carbocycles. The number of para-hydroxylation sites is 2. The van der Waals surface area contributed by atoms with E-state index in [4.69, 9.17) is 18.9 Å². The molecule has 132 valence electrons. The molecular weight excluding hydrogens is 322 g/mol. The maximum absolute atomic E-state index is 12.1. The molecule has 6 heteroatoms. The summed E-state index contributed by atoms with van der Waals surface area (Å²) in [6.45, 7) is 3.51. The fourth-order valence-electron chi connectivity index (χ4n) is 2.40. The number of hydrogen-bond donors (Lipinski definition) is 1. The van der Waals surface area contributed by atoms with Gasteiger partial charge in [0.2, 0.25) is 6.10 Å². The van der Waals surface area contributed by atoms with Gasteiger partial charge in [-0.05, 0) is 43.3 Å². The summed E-state index contributed by atoms with van der Waals surface area (Å²) in [5, 5.41) is 2.79. The highest BCUT2D eigenvalue weighted by molar-refractivity contribution is 5.81. The normalized spacial score (nSPS) is 15.3. The quantitative estimate of drug-likeness (QED) is 0.782. The van der Waals surface area contributed by atoms with Crippen LogP contribution in [-0.2, 0) is 4.79 Å². The van der Waals surface area contributed by atoms with E-state index >= 15 is 0 Å². The number of fused-ring (bicyclic) bond motifs is 1. The van der Waals surface area contributed by atoms with Gasteiger partial charge in [0.1, 0.15) is 24.7 Å². The molecular formula is C19H21NO5. The van der Waals surface area contributed by atoms with Crippen molar-refractivity contribution < 1.29 is 23.7 Å². The van der Waals surface area contributed by atoms with Crippen LogP contribution in [-0.4, -0.2) is 38.4 Å². The second-order valence-corrected chi connectivity index (χ2v) is 5.41. The number of carbonyl (C=O) groups is 1. The molecule has 1 amide bonds. The molecule has 1 N–H and O–H groups in total. The minimum Gasteiger partial charge on any atom is -0.494 e. The first-order chi connectivity index (χ1) is 12.3. The molecule has 2 aromatic carbocycles. The number of nitrogens with one attached hydrogen (secondary N) is 1. The van der Waals surface area contributed by atoms with E-state index in [1.165, 1.54) is 0 Å². The Kier molecular flexibility index (Phi) is 5.61. The van der Waals surface area contributed by atoms with Crippen LogP contribution in [0, 0.1) is 0 Å². The van der Waals surface area contributed by atoms with Gasteiger partial charge >= 0.3 is 0 Å². The molecule has 0 unspecified atom stereocenters. The molecule has 0 aliphatic carbocycles. The summed E-state index contributed by atoms with van der Waals surface area (Å²) in [6, 6.07) is 14.7. The number of amides is 1. The lowest BCUT2D eigenvalue weighted by molar-refractivity contribution is -0.130. The van der Waals surface area contributed by atoms with Crippen LogP contribution in [0.25, 0.3) is 0 Å². The Labute approximate surface area is 146 Å². The van der Waals surface area contributed by atoms with Gasteiger partial charge < -0.3 is 24.3 Å². The first kappa shape index (κ1) is 17.0. The minimum atomic E-state index is -0.652. The van der Waals surface area contributed by atoms with Crippen LogP contribution >= 0.6 is 0 Å². The van der Waals surface area contributed by atoms with Gasteiger partial charge in [-0.25, -0.2) is 0 Å². The zero-order valence-electron chi connectivity index (χ0n) is 14.1. The van der Waals surface area contributed by atoms with E-state index in [9.17, 15) is 4.79 Å². The zero-order chi connectivity index (χ0) is 17.5. The lowest BCUT2D eigenvalue weighted by atomic mass is 10.2. The van der Waals surface area contributed by atoms with Crippen LogP contribution in [0.15, 0.2) is 48.5 Å². The standard InChI is InChI=1S/C19H21NO5/c1-2-22-14-7-9-15(10-8-14)23-12-11-20-19(21)18-13-24-16-5-3-4-6-17(16)25-18/h3-10,18H,2,11-13H2,1H3,(H,20,21)/t18-/m1/s1. The first-order valence-electron chi connectivity index (χ1n) is 8.28. The van der Waals surface area contributed by atoms with Crippen LogP contribution in [0.2, 0.25) is 0 Å². The van der Waals surface area contributed by atoms with Crippen molar-refractivity contribution in [2.45, 2.75) is 13.0 Å². The lowest BCUT2D eigenvalue weighted by Gasteiger charge is -2.25. The average molecular weight is 343 g/mol. The van der Waals surface area contributed by atoms with Gasteiger partial charge in [-0.15, -0.1) is 0 Å². The van der Waals surface area contributed by atoms with Crippen LogP contribution < -0.4 is 24.3 Å². The molecule has 25 heavy (non-hydrogen) atoms. The van der Waals surface area contributed by atoms with Crippen molar-refractivity contribution in [2.75, 3.05) is 26.4 Å². The predicted molar refractivity (Wildman–Crippen MR) is 92.5 cm³/mol. The number of carbonyl (C=O) groups excluding carboxylic acids is 1. The summed E-state index contributed by atoms with van der Waals surface area (Å²) >= 11 is 0. The number of benzene rings is 2. The van der Waals surface area contributed by atoms with Gasteiger partial charge in [-0.3, -0.25) is 4.79 Å². The van der Waals surface area contributed by atoms with E-state index in [1.54, 1.807) is 6.07 Å². The number of rotatable bonds is 7. The molecule has 1 heterocycles. The van der Waals surface area contributed by atoms with Crippen molar-refractivity contribution in [2.24, 2.45) is 0 Å². The van der Waals surface area contributed by atoms with E-state index < -0.39 is 6.10 Å². The van der Waals surface area contributed by atoms with Crippen molar-refractivity contribution in [3.8, 4) is 23.0 Å². The van der Waals surface area contributed by atoms with Crippen molar-refractivity contribution in [3.05, 3.63) is 48.5 Å². The van der Waals surface area contributed by atoms with Gasteiger partial charge in [0.25, 0.3) is 5.91 Å². The van der Waals surface area contributed by atoms with Crippen LogP contribution in [0.4, 0.5) is 0 Å². The van der Waals surface area contributed by atoms with E-state index in [0.717, 1.165) is 11.5 Å². The highest BCUT2D eigenvalue weighted by Gasteiger charge is 2.26. The van der Waals surface area contributed by atoms with Crippen LogP contribution in [0.3, 0.4) is 0 Å². The van der Waals surface area contributed by atoms with E-state index in [-0.39, 0.29) is 12.5 Å². The lowest BCUT2D eigenvalue weighted by Crippen LogP contribution is -2.45. The summed E-state index contributed by atoms with van der Waals surface area (Å²) in [5.74, 6) is 2.55. The first-order valence-corrected chi connectivity index (χ1v) is 8.28. The van der Waals surface area contributed by atoms with Gasteiger partial charge in [-0.1, -0.05) is 12.1 Å². The molecule has 1 atom stereocenters. The molecule has 6 nitrogen and oxygen atoms in total. The Morgan fingerprint density at radius 3 is 2.48 bits per heavy atom. The molecule has 0 radical (unpaired) electrons. The Bertz CT molecular complexity index is 701. The van der Waals surface area contributed by atoms with Gasteiger partial charge in [0.15, 0.2) is 11.5 Å². The smallest absolute Gasteiger partial charge is 0.264 e. The van der Waals surface area contributed by atoms with Crippen molar-refractivity contribution >= 4 is 5.91 Å². The van der Waals surface area contributed by atoms with Crippen molar-refractivity contribution in [1.29, 1.82) is 0 Å². The summed E-state index contributed by atoms with van der Waals surface area (Å²) < 4.78 is 22.2. The number of hydrogen-bond acceptors (Lipinski definition) is 5. The highest BCUT2D eigenvalue weighted by Crippen LogP contribution is 2.30. The van der Waals surface area contributed by atoms with E-state index in [1.807, 2.05) is 49.4 Å². The molecule has 0 fully saturated rings. The fourth-order valence-corrected chi connectivity index (χ4v) is 2.40. The second-order valence-electron chi connectivity index (χ2n) is 5.41. The van der Waals surface area contributed by atoms with Crippen LogP contribution in [0.5, 0.6) is 23.0 Å². The summed E-state index contributed by atoms with van der Waals surface area (Å²) in [6.07, 6.45) is -0.652. The van der Waals surface area contributed by atoms with Gasteiger partial charge in [0.05, 0.1) is 13.2 Å². The van der Waals surface area contributed by atoms with E-state index in [0.29, 0.717) is 31.3 Å². The SMILES string of the molecule is CCOc1ccc(OCCNC(=O)[C@H]2COc3ccccc3O2)cc1. The topological polar surface area (TPSA) is 66.0 Å². The summed E-state index contributed by atoms with van der Waals surface area (Å²) in [4.78, 5) is 12.1. The highest BCUT2D eigenvalue weighted by atomic mass is 16.6. The third kappa shape index (κ3) is 4.56. The molecule has 0 bridgehead atoms. The van der Waals surface area contributed by atoms with Gasteiger partial charge in [-0.2, -0.15) is 0 Å². The molecule has 0 saturated heterocycles. The predicted octanol–water partition coefficient (Wildman–Crippen LogP) is 2.42. The third-order valence-corrected chi connectivity index (χ3v) is 3.61. The molecule has 1 aliphatic heterocycles. The average Bonchev–Trinajstić information content (AvgIpc) is 2.66. The Hall–Kier alpha value is -2.89. The van der Waals surface area contributed by atoms with Crippen molar-refractivity contribution in [3.63, 3.8) is 0 Å². The maximum atomic E-state index is 12.1. The molecule has 0 spiro atoms. The monoisotopic (exact) mass is 343 g/mol. The van der Waals surface area contributed by atoms with Crippen LogP contribution in [0.1, 0.15) is 6.92 Å².